The predicted octanol–water partition coefficient (Wildman–Crippen LogP) is 2.71. The molecule has 2 aromatic heterocycles. The van der Waals surface area contributed by atoms with Gasteiger partial charge in [-0.3, -0.25) is 15.1 Å². The first-order chi connectivity index (χ1) is 14.1. The van der Waals surface area contributed by atoms with Crippen LogP contribution in [0, 0.1) is 0 Å². The Labute approximate surface area is 166 Å². The van der Waals surface area contributed by atoms with E-state index in [9.17, 15) is 9.59 Å². The number of aromatic nitrogens is 4. The molecule has 0 radical (unpaired) electrons. The van der Waals surface area contributed by atoms with E-state index >= 15 is 0 Å². The van der Waals surface area contributed by atoms with Crippen molar-refractivity contribution in [3.05, 3.63) is 42.2 Å². The minimum Gasteiger partial charge on any atom is -0.338 e. The highest BCUT2D eigenvalue weighted by atomic mass is 16.2. The van der Waals surface area contributed by atoms with Crippen molar-refractivity contribution in [3.8, 4) is 5.69 Å². The molecule has 0 fully saturated rings. The molecule has 29 heavy (non-hydrogen) atoms. The lowest BCUT2D eigenvalue weighted by Crippen LogP contribution is -2.28. The average Bonchev–Trinajstić information content (AvgIpc) is 3.36. The van der Waals surface area contributed by atoms with Crippen molar-refractivity contribution < 1.29 is 9.59 Å². The Morgan fingerprint density at radius 1 is 1.31 bits per heavy atom. The maximum absolute atomic E-state index is 12.3. The van der Waals surface area contributed by atoms with E-state index in [2.05, 4.69) is 30.7 Å². The summed E-state index contributed by atoms with van der Waals surface area (Å²) in [6.45, 7) is 4.29. The summed E-state index contributed by atoms with van der Waals surface area (Å²) in [6.07, 6.45) is 7.51. The van der Waals surface area contributed by atoms with Crippen molar-refractivity contribution in [2.24, 2.45) is 4.99 Å². The number of nitrogens with one attached hydrogen (secondary N) is 3. The zero-order valence-corrected chi connectivity index (χ0v) is 16.1. The number of H-pyrrole nitrogens is 1. The minimum absolute atomic E-state index is 0.00561. The molecule has 1 aliphatic heterocycles. The number of nitrogens with zero attached hydrogens (tertiary/aromatic N) is 4. The Kier molecular flexibility index (Phi) is 4.94. The highest BCUT2D eigenvalue weighted by molar-refractivity contribution is 6.20. The van der Waals surface area contributed by atoms with Crippen molar-refractivity contribution in [3.63, 3.8) is 0 Å². The third-order valence-corrected chi connectivity index (χ3v) is 4.63. The van der Waals surface area contributed by atoms with Gasteiger partial charge in [0.2, 0.25) is 5.95 Å². The van der Waals surface area contributed by atoms with E-state index < -0.39 is 0 Å². The van der Waals surface area contributed by atoms with Crippen LogP contribution in [0.5, 0.6) is 0 Å². The monoisotopic (exact) mass is 391 g/mol. The van der Waals surface area contributed by atoms with Crippen LogP contribution in [-0.2, 0) is 4.79 Å². The van der Waals surface area contributed by atoms with Gasteiger partial charge in [0.1, 0.15) is 11.6 Å². The first kappa shape index (κ1) is 18.6. The fourth-order valence-corrected chi connectivity index (χ4v) is 3.22. The number of benzene rings is 1. The van der Waals surface area contributed by atoms with Crippen molar-refractivity contribution >= 4 is 40.6 Å². The van der Waals surface area contributed by atoms with E-state index in [0.29, 0.717) is 29.9 Å². The number of amides is 2. The highest BCUT2D eigenvalue weighted by Crippen LogP contribution is 2.28. The van der Waals surface area contributed by atoms with Gasteiger partial charge in [-0.2, -0.15) is 5.10 Å². The number of fused-ring (bicyclic) bond motifs is 1. The molecule has 9 nitrogen and oxygen atoms in total. The molecule has 0 saturated carbocycles. The maximum Gasteiger partial charge on any atom is 0.321 e. The number of imidazole rings is 1. The fourth-order valence-electron chi connectivity index (χ4n) is 3.22. The Morgan fingerprint density at radius 2 is 2.17 bits per heavy atom. The molecule has 3 aromatic rings. The van der Waals surface area contributed by atoms with Gasteiger partial charge in [0.15, 0.2) is 5.78 Å². The largest absolute Gasteiger partial charge is 0.338 e. The van der Waals surface area contributed by atoms with E-state index in [-0.39, 0.29) is 17.9 Å². The number of carbonyl (C=O) groups is 2. The topological polar surface area (TPSA) is 117 Å². The van der Waals surface area contributed by atoms with Gasteiger partial charge in [0.05, 0.1) is 11.2 Å². The van der Waals surface area contributed by atoms with Gasteiger partial charge in [0.25, 0.3) is 0 Å². The molecule has 0 aliphatic carbocycles. The van der Waals surface area contributed by atoms with Crippen LogP contribution in [0.25, 0.3) is 22.3 Å². The zero-order valence-electron chi connectivity index (χ0n) is 16.1. The quantitative estimate of drug-likeness (QED) is 0.620. The van der Waals surface area contributed by atoms with E-state index in [4.69, 9.17) is 0 Å². The second-order valence-corrected chi connectivity index (χ2v) is 6.62. The second kappa shape index (κ2) is 7.70. The van der Waals surface area contributed by atoms with Crippen LogP contribution >= 0.6 is 0 Å². The van der Waals surface area contributed by atoms with E-state index in [1.165, 1.54) is 0 Å². The molecule has 1 aromatic carbocycles. The molecule has 3 heterocycles. The molecule has 0 spiro atoms. The minimum atomic E-state index is -0.342. The Hall–Kier alpha value is -3.75. The van der Waals surface area contributed by atoms with E-state index in [1.54, 1.807) is 23.2 Å². The lowest BCUT2D eigenvalue weighted by molar-refractivity contribution is -0.115. The van der Waals surface area contributed by atoms with Crippen LogP contribution in [0.1, 0.15) is 25.8 Å². The summed E-state index contributed by atoms with van der Waals surface area (Å²) in [4.78, 5) is 36.1. The van der Waals surface area contributed by atoms with Gasteiger partial charge in [-0.15, -0.1) is 0 Å². The summed E-state index contributed by atoms with van der Waals surface area (Å²) in [6, 6.07) is 4.95. The number of rotatable bonds is 5. The Morgan fingerprint density at radius 3 is 2.86 bits per heavy atom. The smallest absolute Gasteiger partial charge is 0.321 e. The van der Waals surface area contributed by atoms with Crippen LogP contribution < -0.4 is 10.6 Å². The molecular weight excluding hydrogens is 370 g/mol. The van der Waals surface area contributed by atoms with Crippen LogP contribution in [0.15, 0.2) is 41.7 Å². The summed E-state index contributed by atoms with van der Waals surface area (Å²) in [5.74, 6) is 0.318. The van der Waals surface area contributed by atoms with Gasteiger partial charge in [-0.1, -0.05) is 6.92 Å². The van der Waals surface area contributed by atoms with Crippen molar-refractivity contribution in [1.82, 2.24) is 25.1 Å². The maximum atomic E-state index is 12.3. The van der Waals surface area contributed by atoms with Gasteiger partial charge in [0, 0.05) is 30.7 Å². The third-order valence-electron chi connectivity index (χ3n) is 4.63. The molecule has 1 atom stereocenters. The van der Waals surface area contributed by atoms with Crippen LogP contribution in [0.2, 0.25) is 0 Å². The first-order valence-corrected chi connectivity index (χ1v) is 9.46. The Balaban J connectivity index is 1.80. The van der Waals surface area contributed by atoms with Crippen molar-refractivity contribution in [1.29, 1.82) is 0 Å². The summed E-state index contributed by atoms with van der Waals surface area (Å²) in [5.41, 5.74) is 3.61. The molecule has 1 unspecified atom stereocenters. The van der Waals surface area contributed by atoms with Crippen molar-refractivity contribution in [2.45, 2.75) is 26.3 Å². The lowest BCUT2D eigenvalue weighted by Gasteiger charge is -2.14. The molecule has 2 amide bonds. The third kappa shape index (κ3) is 3.66. The summed E-state index contributed by atoms with van der Waals surface area (Å²) >= 11 is 0. The molecule has 0 bridgehead atoms. The number of urea groups is 1. The van der Waals surface area contributed by atoms with Crippen LogP contribution in [-0.4, -0.2) is 50.4 Å². The molecule has 9 heteroatoms. The van der Waals surface area contributed by atoms with Gasteiger partial charge >= 0.3 is 6.03 Å². The van der Waals surface area contributed by atoms with Gasteiger partial charge in [-0.05, 0) is 43.2 Å². The van der Waals surface area contributed by atoms with Crippen LogP contribution in [0.3, 0.4) is 0 Å². The standard InChI is InChI=1S/C20H21N7O2/c1-3-14-17(28)10-13(11-22-14)12-8-15-18(16(9-12)27-7-5-6-23-27)25-19(24-15)26-20(29)21-4-2/h5-11,14H,3-4H2,1-2H3,(H3,21,24,25,26,29). The molecule has 0 saturated heterocycles. The average molecular weight is 391 g/mol. The highest BCUT2D eigenvalue weighted by Gasteiger charge is 2.20. The molecular formula is C20H21N7O2. The normalized spacial score (nSPS) is 16.1. The summed E-state index contributed by atoms with van der Waals surface area (Å²) < 4.78 is 1.69. The zero-order chi connectivity index (χ0) is 20.4. The molecule has 1 aliphatic rings. The Bertz CT molecular complexity index is 1130. The molecule has 148 valence electrons. The van der Waals surface area contributed by atoms with Crippen molar-refractivity contribution in [2.75, 3.05) is 11.9 Å². The number of aliphatic imine (C=N–C) groups is 1. The summed E-state index contributed by atoms with van der Waals surface area (Å²) in [7, 11) is 0. The molecule has 3 N–H and O–H groups in total. The van der Waals surface area contributed by atoms with E-state index in [0.717, 1.165) is 16.8 Å². The number of ketones is 1. The second-order valence-electron chi connectivity index (χ2n) is 6.62. The number of anilines is 1. The number of allylic oxidation sites excluding steroid dienone is 1. The predicted molar refractivity (Wildman–Crippen MR) is 111 cm³/mol. The van der Waals surface area contributed by atoms with Gasteiger partial charge < -0.3 is 10.3 Å². The SMILES string of the molecule is CCNC(=O)Nc1nc2c(-n3cccn3)cc(C3=CC(=O)C(CC)N=C3)cc2[nH]1. The van der Waals surface area contributed by atoms with Gasteiger partial charge in [-0.25, -0.2) is 14.5 Å². The van der Waals surface area contributed by atoms with Crippen LogP contribution in [0.4, 0.5) is 10.7 Å². The van der Waals surface area contributed by atoms with E-state index in [1.807, 2.05) is 38.2 Å². The first-order valence-electron chi connectivity index (χ1n) is 9.46. The number of aromatic amines is 1. The number of hydrogen-bond donors (Lipinski definition) is 3. The summed E-state index contributed by atoms with van der Waals surface area (Å²) in [5, 5.41) is 9.66. The lowest BCUT2D eigenvalue weighted by atomic mass is 9.98. The fraction of sp³-hybridized carbons (Fsp3) is 0.250. The molecule has 4 rings (SSSR count). The number of dihydropyridines is 1. The number of carbonyl (C=O) groups excluding carboxylic acids is 2. The number of hydrogen-bond acceptors (Lipinski definition) is 5.